The Balaban J connectivity index is 1.80. The number of piperidine rings is 1. The SMILES string of the molecule is CC1(C)C2C(=O)N(Cc3ccc(F)c(CN)c3)C(=O)C21. The van der Waals surface area contributed by atoms with E-state index in [-0.39, 0.29) is 48.0 Å². The third-order valence-corrected chi connectivity index (χ3v) is 4.56. The quantitative estimate of drug-likeness (QED) is 0.849. The highest BCUT2D eigenvalue weighted by molar-refractivity contribution is 6.10. The van der Waals surface area contributed by atoms with Crippen LogP contribution in [-0.2, 0) is 22.7 Å². The van der Waals surface area contributed by atoms with E-state index in [0.29, 0.717) is 5.56 Å². The Kier molecular flexibility index (Phi) is 2.73. The Morgan fingerprint density at radius 3 is 2.40 bits per heavy atom. The van der Waals surface area contributed by atoms with Crippen molar-refractivity contribution in [1.29, 1.82) is 0 Å². The highest BCUT2D eigenvalue weighted by Crippen LogP contribution is 2.63. The van der Waals surface area contributed by atoms with Crippen molar-refractivity contribution in [3.63, 3.8) is 0 Å². The van der Waals surface area contributed by atoms with Gasteiger partial charge in [-0.25, -0.2) is 4.39 Å². The predicted octanol–water partition coefficient (Wildman–Crippen LogP) is 1.43. The van der Waals surface area contributed by atoms with Gasteiger partial charge in [-0.2, -0.15) is 0 Å². The monoisotopic (exact) mass is 276 g/mol. The molecule has 0 bridgehead atoms. The Hall–Kier alpha value is -1.75. The molecule has 5 heteroatoms. The highest BCUT2D eigenvalue weighted by Gasteiger charge is 2.72. The van der Waals surface area contributed by atoms with Crippen LogP contribution < -0.4 is 5.73 Å². The molecule has 4 nitrogen and oxygen atoms in total. The van der Waals surface area contributed by atoms with Crippen LogP contribution in [0.15, 0.2) is 18.2 Å². The zero-order chi connectivity index (χ0) is 14.7. The number of carbonyl (C=O) groups excluding carboxylic acids is 2. The summed E-state index contributed by atoms with van der Waals surface area (Å²) in [5.74, 6) is -0.930. The summed E-state index contributed by atoms with van der Waals surface area (Å²) in [7, 11) is 0. The zero-order valence-corrected chi connectivity index (χ0v) is 11.5. The third kappa shape index (κ3) is 1.69. The number of imide groups is 1. The van der Waals surface area contributed by atoms with E-state index in [1.165, 1.54) is 11.0 Å². The van der Waals surface area contributed by atoms with Crippen molar-refractivity contribution in [2.75, 3.05) is 0 Å². The van der Waals surface area contributed by atoms with Gasteiger partial charge >= 0.3 is 0 Å². The van der Waals surface area contributed by atoms with Gasteiger partial charge in [0, 0.05) is 12.1 Å². The molecule has 1 aromatic rings. The second-order valence-electron chi connectivity index (χ2n) is 6.17. The van der Waals surface area contributed by atoms with Gasteiger partial charge in [0.2, 0.25) is 11.8 Å². The average Bonchev–Trinajstić information content (AvgIpc) is 2.88. The molecule has 0 radical (unpaired) electrons. The van der Waals surface area contributed by atoms with Gasteiger partial charge in [-0.3, -0.25) is 14.5 Å². The number of amides is 2. The minimum absolute atomic E-state index is 0.0971. The number of nitrogens with two attached hydrogens (primary N) is 1. The minimum Gasteiger partial charge on any atom is -0.326 e. The lowest BCUT2D eigenvalue weighted by molar-refractivity contribution is -0.143. The fourth-order valence-electron chi connectivity index (χ4n) is 3.23. The molecule has 2 amide bonds. The predicted molar refractivity (Wildman–Crippen MR) is 70.6 cm³/mol. The number of likely N-dealkylation sites (tertiary alicyclic amines) is 1. The Morgan fingerprint density at radius 1 is 1.25 bits per heavy atom. The van der Waals surface area contributed by atoms with Crippen LogP contribution in [0.25, 0.3) is 0 Å². The standard InChI is InChI=1S/C15H17FN2O2/c1-15(2)11-12(15)14(20)18(13(11)19)7-8-3-4-10(16)9(5-8)6-17/h3-5,11-12H,6-7,17H2,1-2H3. The second-order valence-corrected chi connectivity index (χ2v) is 6.17. The van der Waals surface area contributed by atoms with Gasteiger partial charge in [0.05, 0.1) is 18.4 Å². The van der Waals surface area contributed by atoms with Crippen molar-refractivity contribution < 1.29 is 14.0 Å². The van der Waals surface area contributed by atoms with Crippen LogP contribution in [0.3, 0.4) is 0 Å². The fraction of sp³-hybridized carbons (Fsp3) is 0.467. The number of hydrogen-bond acceptors (Lipinski definition) is 3. The maximum atomic E-state index is 13.4. The Morgan fingerprint density at radius 2 is 1.85 bits per heavy atom. The molecule has 106 valence electrons. The first kappa shape index (κ1) is 13.2. The summed E-state index contributed by atoms with van der Waals surface area (Å²) in [5, 5.41) is 0. The molecular formula is C15H17FN2O2. The van der Waals surface area contributed by atoms with Crippen molar-refractivity contribution in [3.8, 4) is 0 Å². The van der Waals surface area contributed by atoms with Crippen molar-refractivity contribution in [2.24, 2.45) is 23.0 Å². The summed E-state index contributed by atoms with van der Waals surface area (Å²) in [4.78, 5) is 25.7. The van der Waals surface area contributed by atoms with Gasteiger partial charge in [-0.15, -0.1) is 0 Å². The van der Waals surface area contributed by atoms with Gasteiger partial charge in [0.1, 0.15) is 5.82 Å². The van der Waals surface area contributed by atoms with E-state index in [1.807, 2.05) is 13.8 Å². The normalized spacial score (nSPS) is 26.9. The van der Waals surface area contributed by atoms with Crippen LogP contribution in [0.5, 0.6) is 0 Å². The number of fused-ring (bicyclic) bond motifs is 1. The summed E-state index contributed by atoms with van der Waals surface area (Å²) in [6.45, 7) is 4.19. The van der Waals surface area contributed by atoms with Crippen LogP contribution >= 0.6 is 0 Å². The summed E-state index contributed by atoms with van der Waals surface area (Å²) in [5.41, 5.74) is 6.39. The lowest BCUT2D eigenvalue weighted by Crippen LogP contribution is -2.35. The number of rotatable bonds is 3. The molecule has 0 spiro atoms. The first-order valence-electron chi connectivity index (χ1n) is 6.70. The topological polar surface area (TPSA) is 63.4 Å². The van der Waals surface area contributed by atoms with Gasteiger partial charge < -0.3 is 5.73 Å². The Labute approximate surface area is 116 Å². The van der Waals surface area contributed by atoms with Gasteiger partial charge in [0.15, 0.2) is 0 Å². The number of hydrogen-bond donors (Lipinski definition) is 1. The van der Waals surface area contributed by atoms with Crippen LogP contribution in [0, 0.1) is 23.1 Å². The highest BCUT2D eigenvalue weighted by atomic mass is 19.1. The molecule has 1 aromatic carbocycles. The van der Waals surface area contributed by atoms with E-state index in [4.69, 9.17) is 5.73 Å². The molecular weight excluding hydrogens is 259 g/mol. The van der Waals surface area contributed by atoms with E-state index >= 15 is 0 Å². The number of benzene rings is 1. The molecule has 2 N–H and O–H groups in total. The number of carbonyl (C=O) groups is 2. The Bertz CT molecular complexity index is 588. The van der Waals surface area contributed by atoms with Crippen LogP contribution in [0.4, 0.5) is 4.39 Å². The van der Waals surface area contributed by atoms with Crippen LogP contribution in [0.1, 0.15) is 25.0 Å². The van der Waals surface area contributed by atoms with Crippen LogP contribution in [-0.4, -0.2) is 16.7 Å². The molecule has 1 aliphatic heterocycles. The molecule has 2 aliphatic rings. The smallest absolute Gasteiger partial charge is 0.233 e. The van der Waals surface area contributed by atoms with E-state index < -0.39 is 0 Å². The molecule has 3 rings (SSSR count). The van der Waals surface area contributed by atoms with Gasteiger partial charge in [0.25, 0.3) is 0 Å². The summed E-state index contributed by atoms with van der Waals surface area (Å²) in [6.07, 6.45) is 0. The average molecular weight is 276 g/mol. The van der Waals surface area contributed by atoms with Crippen molar-refractivity contribution in [1.82, 2.24) is 4.90 Å². The van der Waals surface area contributed by atoms with E-state index in [0.717, 1.165) is 5.56 Å². The number of nitrogens with zero attached hydrogens (tertiary/aromatic N) is 1. The summed E-state index contributed by atoms with van der Waals surface area (Å²) >= 11 is 0. The molecule has 1 saturated carbocycles. The lowest BCUT2D eigenvalue weighted by Gasteiger charge is -2.20. The second kappa shape index (κ2) is 4.12. The summed E-state index contributed by atoms with van der Waals surface area (Å²) < 4.78 is 13.4. The first-order valence-corrected chi connectivity index (χ1v) is 6.70. The molecule has 1 saturated heterocycles. The van der Waals surface area contributed by atoms with Gasteiger partial charge in [-0.1, -0.05) is 19.9 Å². The molecule has 0 aromatic heterocycles. The van der Waals surface area contributed by atoms with Gasteiger partial charge in [-0.05, 0) is 23.1 Å². The maximum Gasteiger partial charge on any atom is 0.233 e. The molecule has 20 heavy (non-hydrogen) atoms. The van der Waals surface area contributed by atoms with Crippen molar-refractivity contribution in [2.45, 2.75) is 26.9 Å². The zero-order valence-electron chi connectivity index (χ0n) is 11.5. The number of halogens is 1. The van der Waals surface area contributed by atoms with E-state index in [9.17, 15) is 14.0 Å². The largest absolute Gasteiger partial charge is 0.326 e. The van der Waals surface area contributed by atoms with E-state index in [2.05, 4.69) is 0 Å². The molecule has 2 atom stereocenters. The van der Waals surface area contributed by atoms with E-state index in [1.54, 1.807) is 12.1 Å². The minimum atomic E-state index is -0.362. The first-order chi connectivity index (χ1) is 9.37. The lowest BCUT2D eigenvalue weighted by atomic mass is 10.0. The van der Waals surface area contributed by atoms with Crippen molar-refractivity contribution in [3.05, 3.63) is 35.1 Å². The van der Waals surface area contributed by atoms with Crippen molar-refractivity contribution >= 4 is 11.8 Å². The molecule has 1 aliphatic carbocycles. The molecule has 1 heterocycles. The molecule has 2 unspecified atom stereocenters. The third-order valence-electron chi connectivity index (χ3n) is 4.56. The summed E-state index contributed by atoms with van der Waals surface area (Å²) in [6, 6.07) is 4.53. The maximum absolute atomic E-state index is 13.4. The van der Waals surface area contributed by atoms with Crippen LogP contribution in [0.2, 0.25) is 0 Å². The fourth-order valence-corrected chi connectivity index (χ4v) is 3.23. The molecule has 2 fully saturated rings.